The van der Waals surface area contributed by atoms with Gasteiger partial charge in [0, 0.05) is 25.9 Å². The van der Waals surface area contributed by atoms with Gasteiger partial charge in [0.05, 0.1) is 11.4 Å². The number of hydrogen-bond acceptors (Lipinski definition) is 3. The van der Waals surface area contributed by atoms with Crippen LogP contribution >= 0.6 is 0 Å². The average Bonchev–Trinajstić information content (AvgIpc) is 2.64. The van der Waals surface area contributed by atoms with E-state index in [4.69, 9.17) is 5.73 Å². The minimum Gasteiger partial charge on any atom is -0.397 e. The molecule has 5 nitrogen and oxygen atoms in total. The molecule has 6 heteroatoms. The molecule has 1 aliphatic rings. The number of nitrogens with zero attached hydrogens (tertiary/aromatic N) is 1. The molecule has 3 N–H and O–H groups in total. The molecular weight excluding hydrogens is 273 g/mol. The quantitative estimate of drug-likeness (QED) is 0.835. The van der Waals surface area contributed by atoms with Gasteiger partial charge in [-0.2, -0.15) is 0 Å². The molecule has 21 heavy (non-hydrogen) atoms. The Balaban J connectivity index is 1.85. The van der Waals surface area contributed by atoms with Crippen LogP contribution in [-0.4, -0.2) is 29.8 Å². The summed E-state index contributed by atoms with van der Waals surface area (Å²) in [6, 6.07) is 3.83. The monoisotopic (exact) mass is 293 g/mol. The first-order valence-electron chi connectivity index (χ1n) is 7.19. The van der Waals surface area contributed by atoms with E-state index >= 15 is 0 Å². The van der Waals surface area contributed by atoms with Gasteiger partial charge in [-0.25, -0.2) is 4.39 Å². The Bertz CT molecular complexity index is 534. The summed E-state index contributed by atoms with van der Waals surface area (Å²) in [5.41, 5.74) is 6.21. The van der Waals surface area contributed by atoms with Crippen LogP contribution in [0.4, 0.5) is 15.8 Å². The molecule has 0 bridgehead atoms. The smallest absolute Gasteiger partial charge is 0.226 e. The molecular formula is C15H20FN3O2. The fraction of sp³-hybridized carbons (Fsp3) is 0.467. The minimum absolute atomic E-state index is 0.113. The first-order chi connectivity index (χ1) is 10.1. The van der Waals surface area contributed by atoms with Gasteiger partial charge in [0.25, 0.3) is 0 Å². The van der Waals surface area contributed by atoms with E-state index in [0.717, 1.165) is 25.3 Å². The van der Waals surface area contributed by atoms with Gasteiger partial charge in [0.2, 0.25) is 11.8 Å². The van der Waals surface area contributed by atoms with Crippen LogP contribution in [-0.2, 0) is 9.59 Å². The Morgan fingerprint density at radius 1 is 1.33 bits per heavy atom. The van der Waals surface area contributed by atoms with Crippen molar-refractivity contribution in [3.63, 3.8) is 0 Å². The summed E-state index contributed by atoms with van der Waals surface area (Å²) in [6.07, 6.45) is 3.74. The molecule has 1 fully saturated rings. The molecule has 0 radical (unpaired) electrons. The van der Waals surface area contributed by atoms with E-state index in [1.54, 1.807) is 4.90 Å². The van der Waals surface area contributed by atoms with Crippen LogP contribution in [0.2, 0.25) is 0 Å². The van der Waals surface area contributed by atoms with Crippen molar-refractivity contribution in [2.24, 2.45) is 0 Å². The Kier molecular flexibility index (Phi) is 5.14. The maximum atomic E-state index is 12.9. The van der Waals surface area contributed by atoms with E-state index < -0.39 is 5.82 Å². The summed E-state index contributed by atoms with van der Waals surface area (Å²) >= 11 is 0. The van der Waals surface area contributed by atoms with Gasteiger partial charge in [-0.15, -0.1) is 0 Å². The highest BCUT2D eigenvalue weighted by Crippen LogP contribution is 2.19. The van der Waals surface area contributed by atoms with Crippen molar-refractivity contribution in [3.05, 3.63) is 24.0 Å². The number of benzene rings is 1. The molecule has 1 saturated heterocycles. The van der Waals surface area contributed by atoms with Crippen LogP contribution in [0.25, 0.3) is 0 Å². The lowest BCUT2D eigenvalue weighted by atomic mass is 10.2. The van der Waals surface area contributed by atoms with Gasteiger partial charge in [-0.1, -0.05) is 6.42 Å². The molecule has 0 atom stereocenters. The van der Waals surface area contributed by atoms with Crippen molar-refractivity contribution in [1.29, 1.82) is 0 Å². The predicted octanol–water partition coefficient (Wildman–Crippen LogP) is 2.14. The molecule has 1 aliphatic heterocycles. The van der Waals surface area contributed by atoms with Gasteiger partial charge in [-0.05, 0) is 31.0 Å². The third-order valence-electron chi connectivity index (χ3n) is 3.57. The van der Waals surface area contributed by atoms with E-state index in [0.29, 0.717) is 25.2 Å². The van der Waals surface area contributed by atoms with E-state index in [1.807, 2.05) is 0 Å². The molecule has 0 aromatic heterocycles. The molecule has 2 amide bonds. The summed E-state index contributed by atoms with van der Waals surface area (Å²) in [4.78, 5) is 25.4. The van der Waals surface area contributed by atoms with Crippen molar-refractivity contribution < 1.29 is 14.0 Å². The number of carbonyl (C=O) groups is 2. The number of nitrogens with one attached hydrogen (secondary N) is 1. The van der Waals surface area contributed by atoms with Gasteiger partial charge >= 0.3 is 0 Å². The normalized spacial score (nSPS) is 15.7. The molecule has 1 aromatic carbocycles. The first kappa shape index (κ1) is 15.3. The number of anilines is 2. The SMILES string of the molecule is Nc1cc(F)ccc1NC(=O)CCN1CCCCCC1=O. The second-order valence-electron chi connectivity index (χ2n) is 5.22. The van der Waals surface area contributed by atoms with E-state index in [-0.39, 0.29) is 23.9 Å². The van der Waals surface area contributed by atoms with Crippen LogP contribution in [0.15, 0.2) is 18.2 Å². The molecule has 0 spiro atoms. The second kappa shape index (κ2) is 7.06. The number of carbonyl (C=O) groups excluding carboxylic acids is 2. The maximum Gasteiger partial charge on any atom is 0.226 e. The fourth-order valence-electron chi connectivity index (χ4n) is 2.37. The topological polar surface area (TPSA) is 75.4 Å². The van der Waals surface area contributed by atoms with Crippen molar-refractivity contribution >= 4 is 23.2 Å². The maximum absolute atomic E-state index is 12.9. The van der Waals surface area contributed by atoms with Crippen molar-refractivity contribution in [2.45, 2.75) is 32.1 Å². The summed E-state index contributed by atoms with van der Waals surface area (Å²) < 4.78 is 12.9. The highest BCUT2D eigenvalue weighted by Gasteiger charge is 2.17. The van der Waals surface area contributed by atoms with Crippen molar-refractivity contribution in [1.82, 2.24) is 4.90 Å². The third-order valence-corrected chi connectivity index (χ3v) is 3.57. The van der Waals surface area contributed by atoms with E-state index in [9.17, 15) is 14.0 Å². The lowest BCUT2D eigenvalue weighted by molar-refractivity contribution is -0.131. The zero-order valence-corrected chi connectivity index (χ0v) is 11.9. The molecule has 0 aliphatic carbocycles. The minimum atomic E-state index is -0.444. The highest BCUT2D eigenvalue weighted by atomic mass is 19.1. The summed E-state index contributed by atoms with van der Waals surface area (Å²) in [5, 5.41) is 2.64. The molecule has 0 unspecified atom stereocenters. The van der Waals surface area contributed by atoms with Crippen LogP contribution in [0, 0.1) is 5.82 Å². The summed E-state index contributed by atoms with van der Waals surface area (Å²) in [7, 11) is 0. The molecule has 1 aromatic rings. The average molecular weight is 293 g/mol. The molecule has 114 valence electrons. The number of nitrogen functional groups attached to an aromatic ring is 1. The zero-order chi connectivity index (χ0) is 15.2. The number of halogens is 1. The number of likely N-dealkylation sites (tertiary alicyclic amines) is 1. The number of nitrogens with two attached hydrogens (primary N) is 1. The number of amides is 2. The Morgan fingerprint density at radius 2 is 2.14 bits per heavy atom. The van der Waals surface area contributed by atoms with Gasteiger partial charge in [0.15, 0.2) is 0 Å². The van der Waals surface area contributed by atoms with Crippen molar-refractivity contribution in [3.8, 4) is 0 Å². The second-order valence-corrected chi connectivity index (χ2v) is 5.22. The predicted molar refractivity (Wildman–Crippen MR) is 79.1 cm³/mol. The van der Waals surface area contributed by atoms with Gasteiger partial charge in [-0.3, -0.25) is 9.59 Å². The van der Waals surface area contributed by atoms with Crippen LogP contribution in [0.1, 0.15) is 32.1 Å². The van der Waals surface area contributed by atoms with E-state index in [1.165, 1.54) is 12.1 Å². The third kappa shape index (κ3) is 4.44. The molecule has 1 heterocycles. The molecule has 0 saturated carbocycles. The molecule has 2 rings (SSSR count). The van der Waals surface area contributed by atoms with E-state index in [2.05, 4.69) is 5.32 Å². The van der Waals surface area contributed by atoms with Crippen LogP contribution in [0.5, 0.6) is 0 Å². The summed E-state index contributed by atoms with van der Waals surface area (Å²) in [6.45, 7) is 1.12. The Morgan fingerprint density at radius 3 is 2.90 bits per heavy atom. The van der Waals surface area contributed by atoms with Gasteiger partial charge < -0.3 is 16.0 Å². The number of hydrogen-bond donors (Lipinski definition) is 2. The van der Waals surface area contributed by atoms with Crippen molar-refractivity contribution in [2.75, 3.05) is 24.1 Å². The Labute approximate surface area is 123 Å². The number of rotatable bonds is 4. The first-order valence-corrected chi connectivity index (χ1v) is 7.19. The standard InChI is InChI=1S/C15H20FN3O2/c16-11-5-6-13(12(17)10-11)18-14(20)7-9-19-8-3-1-2-4-15(19)21/h5-6,10H,1-4,7-9,17H2,(H,18,20). The largest absolute Gasteiger partial charge is 0.397 e. The lowest BCUT2D eigenvalue weighted by Crippen LogP contribution is -2.33. The highest BCUT2D eigenvalue weighted by molar-refractivity contribution is 5.94. The Hall–Kier alpha value is -2.11. The van der Waals surface area contributed by atoms with Crippen LogP contribution < -0.4 is 11.1 Å². The zero-order valence-electron chi connectivity index (χ0n) is 11.9. The fourth-order valence-corrected chi connectivity index (χ4v) is 2.37. The summed E-state index contributed by atoms with van der Waals surface area (Å²) in [5.74, 6) is -0.562. The lowest BCUT2D eigenvalue weighted by Gasteiger charge is -2.20. The van der Waals surface area contributed by atoms with Gasteiger partial charge in [0.1, 0.15) is 5.82 Å². The van der Waals surface area contributed by atoms with Crippen LogP contribution in [0.3, 0.4) is 0 Å².